The molecule has 0 saturated carbocycles. The SMILES string of the molecule is c1ccc(-c2ccccc2N(c2ccc(-c3cccc4ccc5c6ccccc6oc5c34)cc2)c2ccc3c(ccc4ccccc43)c2)cc1. The number of fused-ring (bicyclic) bond motifs is 8. The average molecular weight is 638 g/mol. The number of hydrogen-bond acceptors (Lipinski definition) is 2. The van der Waals surface area contributed by atoms with Crippen molar-refractivity contribution in [2.75, 3.05) is 4.90 Å². The fourth-order valence-corrected chi connectivity index (χ4v) is 7.68. The molecule has 234 valence electrons. The highest BCUT2D eigenvalue weighted by Crippen LogP contribution is 2.44. The molecule has 10 aromatic rings. The third kappa shape index (κ3) is 4.57. The smallest absolute Gasteiger partial charge is 0.143 e. The van der Waals surface area contributed by atoms with Crippen molar-refractivity contribution in [2.24, 2.45) is 0 Å². The van der Waals surface area contributed by atoms with Crippen molar-refractivity contribution >= 4 is 71.3 Å². The topological polar surface area (TPSA) is 16.4 Å². The minimum Gasteiger partial charge on any atom is -0.455 e. The third-order valence-electron chi connectivity index (χ3n) is 10.0. The molecule has 0 spiro atoms. The number of benzene rings is 9. The number of anilines is 3. The van der Waals surface area contributed by atoms with Crippen LogP contribution in [0.25, 0.3) is 76.5 Å². The van der Waals surface area contributed by atoms with E-state index >= 15 is 0 Å². The second-order valence-electron chi connectivity index (χ2n) is 12.9. The molecule has 0 N–H and O–H groups in total. The molecule has 9 aromatic carbocycles. The Bertz CT molecular complexity index is 2870. The van der Waals surface area contributed by atoms with Crippen LogP contribution in [0.2, 0.25) is 0 Å². The maximum absolute atomic E-state index is 6.51. The van der Waals surface area contributed by atoms with Crippen molar-refractivity contribution in [1.29, 1.82) is 0 Å². The second-order valence-corrected chi connectivity index (χ2v) is 12.9. The Hall–Kier alpha value is -6.64. The highest BCUT2D eigenvalue weighted by molar-refractivity contribution is 6.19. The standard InChI is InChI=1S/C48H31NO/c1-2-11-32(12-3-1)41-16-6-8-19-45(41)49(38-28-30-40-36(31-38)22-21-33-13-4-5-15-39(33)40)37-26-23-34(24-27-37)42-18-10-14-35-25-29-44-43-17-7-9-20-46(43)50-48(44)47(35)42/h1-31H. The highest BCUT2D eigenvalue weighted by Gasteiger charge is 2.19. The third-order valence-corrected chi connectivity index (χ3v) is 10.0. The Morgan fingerprint density at radius 2 is 0.980 bits per heavy atom. The molecule has 2 heteroatoms. The minimum absolute atomic E-state index is 0.913. The van der Waals surface area contributed by atoms with Gasteiger partial charge in [0.15, 0.2) is 0 Å². The molecule has 1 aromatic heterocycles. The van der Waals surface area contributed by atoms with Crippen LogP contribution in [0.4, 0.5) is 17.1 Å². The van der Waals surface area contributed by atoms with E-state index in [0.29, 0.717) is 0 Å². The molecule has 0 atom stereocenters. The number of para-hydroxylation sites is 2. The van der Waals surface area contributed by atoms with Crippen LogP contribution in [-0.4, -0.2) is 0 Å². The van der Waals surface area contributed by atoms with Gasteiger partial charge in [-0.3, -0.25) is 0 Å². The Morgan fingerprint density at radius 1 is 0.360 bits per heavy atom. The monoisotopic (exact) mass is 637 g/mol. The molecule has 0 aliphatic heterocycles. The van der Waals surface area contributed by atoms with Crippen LogP contribution in [0.3, 0.4) is 0 Å². The first-order chi connectivity index (χ1) is 24.8. The molecule has 10 rings (SSSR count). The first-order valence-corrected chi connectivity index (χ1v) is 17.1. The van der Waals surface area contributed by atoms with Crippen molar-refractivity contribution in [1.82, 2.24) is 0 Å². The molecule has 0 bridgehead atoms. The molecular weight excluding hydrogens is 607 g/mol. The second kappa shape index (κ2) is 11.5. The zero-order chi connectivity index (χ0) is 33.0. The van der Waals surface area contributed by atoms with Crippen LogP contribution in [-0.2, 0) is 0 Å². The quantitative estimate of drug-likeness (QED) is 0.175. The van der Waals surface area contributed by atoms with Gasteiger partial charge in [-0.2, -0.15) is 0 Å². The molecule has 1 heterocycles. The van der Waals surface area contributed by atoms with Crippen LogP contribution < -0.4 is 4.90 Å². The van der Waals surface area contributed by atoms with Gasteiger partial charge in [0.05, 0.1) is 5.69 Å². The maximum atomic E-state index is 6.51. The molecule has 2 nitrogen and oxygen atoms in total. The number of furan rings is 1. The molecular formula is C48H31NO. The zero-order valence-corrected chi connectivity index (χ0v) is 27.3. The summed E-state index contributed by atoms with van der Waals surface area (Å²) in [6, 6.07) is 67.5. The van der Waals surface area contributed by atoms with Gasteiger partial charge in [0.25, 0.3) is 0 Å². The van der Waals surface area contributed by atoms with E-state index < -0.39 is 0 Å². The van der Waals surface area contributed by atoms with E-state index in [9.17, 15) is 0 Å². The minimum atomic E-state index is 0.913. The first kappa shape index (κ1) is 28.4. The van der Waals surface area contributed by atoms with E-state index in [4.69, 9.17) is 4.42 Å². The summed E-state index contributed by atoms with van der Waals surface area (Å²) < 4.78 is 6.51. The van der Waals surface area contributed by atoms with E-state index in [1.807, 2.05) is 6.07 Å². The predicted octanol–water partition coefficient (Wildman–Crippen LogP) is 13.8. The molecule has 0 aliphatic carbocycles. The van der Waals surface area contributed by atoms with Crippen molar-refractivity contribution in [3.63, 3.8) is 0 Å². The summed E-state index contributed by atoms with van der Waals surface area (Å²) in [6.45, 7) is 0. The lowest BCUT2D eigenvalue weighted by atomic mass is 9.96. The molecule has 50 heavy (non-hydrogen) atoms. The Labute approximate surface area is 290 Å². The summed E-state index contributed by atoms with van der Waals surface area (Å²) in [4.78, 5) is 2.39. The fraction of sp³-hybridized carbons (Fsp3) is 0. The molecule has 0 aliphatic rings. The van der Waals surface area contributed by atoms with Gasteiger partial charge in [-0.05, 0) is 86.1 Å². The Kier molecular flexibility index (Phi) is 6.53. The molecule has 0 fully saturated rings. The summed E-state index contributed by atoms with van der Waals surface area (Å²) in [6.07, 6.45) is 0. The lowest BCUT2D eigenvalue weighted by molar-refractivity contribution is 0.673. The molecule has 0 amide bonds. The van der Waals surface area contributed by atoms with E-state index in [2.05, 4.69) is 187 Å². The molecule has 0 unspecified atom stereocenters. The summed E-state index contributed by atoms with van der Waals surface area (Å²) >= 11 is 0. The van der Waals surface area contributed by atoms with Crippen LogP contribution >= 0.6 is 0 Å². The summed E-state index contributed by atoms with van der Waals surface area (Å²) in [7, 11) is 0. The van der Waals surface area contributed by atoms with Crippen molar-refractivity contribution in [3.05, 3.63) is 188 Å². The summed E-state index contributed by atoms with van der Waals surface area (Å²) in [5.41, 5.74) is 9.84. The van der Waals surface area contributed by atoms with Gasteiger partial charge in [-0.15, -0.1) is 0 Å². The van der Waals surface area contributed by atoms with Gasteiger partial charge in [0, 0.05) is 33.1 Å². The lowest BCUT2D eigenvalue weighted by Crippen LogP contribution is -2.11. The van der Waals surface area contributed by atoms with Gasteiger partial charge >= 0.3 is 0 Å². The average Bonchev–Trinajstić information content (AvgIpc) is 3.58. The summed E-state index contributed by atoms with van der Waals surface area (Å²) in [5.74, 6) is 0. The van der Waals surface area contributed by atoms with E-state index in [1.165, 1.54) is 38.1 Å². The van der Waals surface area contributed by atoms with Gasteiger partial charge < -0.3 is 9.32 Å². The fourth-order valence-electron chi connectivity index (χ4n) is 7.68. The predicted molar refractivity (Wildman–Crippen MR) is 212 cm³/mol. The van der Waals surface area contributed by atoms with Crippen molar-refractivity contribution < 1.29 is 4.42 Å². The number of nitrogens with zero attached hydrogens (tertiary/aromatic N) is 1. The van der Waals surface area contributed by atoms with Crippen LogP contribution in [0.1, 0.15) is 0 Å². The van der Waals surface area contributed by atoms with Crippen molar-refractivity contribution in [2.45, 2.75) is 0 Å². The summed E-state index contributed by atoms with van der Waals surface area (Å²) in [5, 5.41) is 9.59. The molecule has 0 saturated heterocycles. The highest BCUT2D eigenvalue weighted by atomic mass is 16.3. The van der Waals surface area contributed by atoms with Crippen LogP contribution in [0.5, 0.6) is 0 Å². The Morgan fingerprint density at radius 3 is 1.88 bits per heavy atom. The Balaban J connectivity index is 1.15. The largest absolute Gasteiger partial charge is 0.455 e. The molecule has 0 radical (unpaired) electrons. The van der Waals surface area contributed by atoms with Gasteiger partial charge in [-0.1, -0.05) is 146 Å². The van der Waals surface area contributed by atoms with Gasteiger partial charge in [0.2, 0.25) is 0 Å². The number of hydrogen-bond donors (Lipinski definition) is 0. The lowest BCUT2D eigenvalue weighted by Gasteiger charge is -2.28. The van der Waals surface area contributed by atoms with E-state index in [-0.39, 0.29) is 0 Å². The number of rotatable bonds is 5. The van der Waals surface area contributed by atoms with E-state index in [1.54, 1.807) is 0 Å². The van der Waals surface area contributed by atoms with Crippen molar-refractivity contribution in [3.8, 4) is 22.3 Å². The van der Waals surface area contributed by atoms with E-state index in [0.717, 1.165) is 55.5 Å². The van der Waals surface area contributed by atoms with Crippen LogP contribution in [0.15, 0.2) is 192 Å². The normalized spacial score (nSPS) is 11.6. The van der Waals surface area contributed by atoms with Gasteiger partial charge in [0.1, 0.15) is 11.2 Å². The van der Waals surface area contributed by atoms with Gasteiger partial charge in [-0.25, -0.2) is 0 Å². The first-order valence-electron chi connectivity index (χ1n) is 17.1. The maximum Gasteiger partial charge on any atom is 0.143 e. The zero-order valence-electron chi connectivity index (χ0n) is 27.3. The van der Waals surface area contributed by atoms with Crippen LogP contribution in [0, 0.1) is 0 Å².